The van der Waals surface area contributed by atoms with Gasteiger partial charge in [0.2, 0.25) is 11.6 Å². The van der Waals surface area contributed by atoms with Gasteiger partial charge in [0, 0.05) is 6.61 Å². The lowest BCUT2D eigenvalue weighted by Crippen LogP contribution is -2.30. The van der Waals surface area contributed by atoms with Crippen LogP contribution in [0.1, 0.15) is 100 Å². The van der Waals surface area contributed by atoms with Crippen molar-refractivity contribution in [2.24, 2.45) is 17.8 Å². The minimum Gasteiger partial charge on any atom is -0.505 e. The van der Waals surface area contributed by atoms with Crippen LogP contribution < -0.4 is 0 Å². The van der Waals surface area contributed by atoms with Crippen LogP contribution in [0.15, 0.2) is 24.3 Å². The molecule has 0 aromatic heterocycles. The molecular weight excluding hydrogens is 496 g/mol. The number of rotatable bonds is 6. The molecule has 2 aromatic rings. The summed E-state index contributed by atoms with van der Waals surface area (Å²) < 4.78 is 62.4. The van der Waals surface area contributed by atoms with Crippen molar-refractivity contribution in [3.05, 3.63) is 58.7 Å². The monoisotopic (exact) mass is 534 g/mol. The van der Waals surface area contributed by atoms with E-state index in [2.05, 4.69) is 0 Å². The number of hydrogen-bond acceptors (Lipinski definition) is 3. The van der Waals surface area contributed by atoms with Crippen molar-refractivity contribution in [3.8, 4) is 11.5 Å². The van der Waals surface area contributed by atoms with Gasteiger partial charge in [-0.1, -0.05) is 12.1 Å². The molecular formula is C31H38F4O3. The molecule has 3 aliphatic rings. The van der Waals surface area contributed by atoms with Gasteiger partial charge in [-0.15, -0.1) is 0 Å². The maximum absolute atomic E-state index is 14.3. The highest BCUT2D eigenvalue weighted by atomic mass is 19.2. The Bertz CT molecular complexity index is 1100. The summed E-state index contributed by atoms with van der Waals surface area (Å²) in [6, 6.07) is 5.52. The van der Waals surface area contributed by atoms with Gasteiger partial charge >= 0.3 is 0 Å². The topological polar surface area (TPSA) is 49.7 Å². The average Bonchev–Trinajstić information content (AvgIpc) is 2.95. The molecule has 0 radical (unpaired) electrons. The van der Waals surface area contributed by atoms with Crippen molar-refractivity contribution >= 4 is 0 Å². The first-order chi connectivity index (χ1) is 18.3. The van der Waals surface area contributed by atoms with Crippen molar-refractivity contribution < 1.29 is 32.5 Å². The van der Waals surface area contributed by atoms with Crippen LogP contribution in [-0.2, 0) is 4.74 Å². The number of ether oxygens (including phenoxy) is 1. The van der Waals surface area contributed by atoms with Crippen molar-refractivity contribution in [2.75, 3.05) is 6.61 Å². The standard InChI is InChI=1S/C31H38F4O3/c32-28-24(13-15-26(36)30(28)34)21-3-1-18(2-4-21)17-38-23-11-9-20(10-12-23)19-5-7-22(8-6-19)25-14-16-27(37)31(35)29(25)33/h13-16,18-23,36-37H,1-12,17H2. The minimum atomic E-state index is -1.15. The SMILES string of the molecule is Oc1ccc(C2CCC(COC3CCC(C4CCC(c5ccc(O)c(F)c5F)CC4)CC3)CC2)c(F)c1F. The van der Waals surface area contributed by atoms with Crippen LogP contribution >= 0.6 is 0 Å². The number of benzene rings is 2. The van der Waals surface area contributed by atoms with Crippen LogP contribution in [0.4, 0.5) is 17.6 Å². The molecule has 0 spiro atoms. The zero-order chi connectivity index (χ0) is 26.8. The summed E-state index contributed by atoms with van der Waals surface area (Å²) >= 11 is 0. The van der Waals surface area contributed by atoms with E-state index in [1.165, 1.54) is 24.3 Å². The summed E-state index contributed by atoms with van der Waals surface area (Å²) in [5.74, 6) is -3.67. The maximum atomic E-state index is 14.3. The zero-order valence-corrected chi connectivity index (χ0v) is 21.8. The third kappa shape index (κ3) is 5.83. The van der Waals surface area contributed by atoms with Gasteiger partial charge in [0.1, 0.15) is 0 Å². The Balaban J connectivity index is 1.02. The molecule has 3 fully saturated rings. The molecule has 2 N–H and O–H groups in total. The van der Waals surface area contributed by atoms with Gasteiger partial charge in [-0.3, -0.25) is 0 Å². The molecule has 5 rings (SSSR count). The number of halogens is 4. The summed E-state index contributed by atoms with van der Waals surface area (Å²) in [5.41, 5.74) is 0.762. The second kappa shape index (κ2) is 11.8. The van der Waals surface area contributed by atoms with Crippen molar-refractivity contribution in [1.82, 2.24) is 0 Å². The molecule has 3 aliphatic carbocycles. The van der Waals surface area contributed by atoms with E-state index in [0.717, 1.165) is 77.0 Å². The van der Waals surface area contributed by atoms with Gasteiger partial charge in [-0.05, 0) is 130 Å². The van der Waals surface area contributed by atoms with Crippen LogP contribution in [0.5, 0.6) is 11.5 Å². The first-order valence-electron chi connectivity index (χ1n) is 14.3. The van der Waals surface area contributed by atoms with Crippen molar-refractivity contribution in [1.29, 1.82) is 0 Å². The van der Waals surface area contributed by atoms with E-state index in [0.29, 0.717) is 35.5 Å². The van der Waals surface area contributed by atoms with Gasteiger partial charge in [-0.25, -0.2) is 8.78 Å². The van der Waals surface area contributed by atoms with Crippen molar-refractivity contribution in [3.63, 3.8) is 0 Å². The van der Waals surface area contributed by atoms with E-state index < -0.39 is 34.8 Å². The van der Waals surface area contributed by atoms with Gasteiger partial charge in [0.05, 0.1) is 6.10 Å². The Kier molecular flexibility index (Phi) is 8.51. The molecule has 3 saturated carbocycles. The average molecular weight is 535 g/mol. The first-order valence-corrected chi connectivity index (χ1v) is 14.3. The molecule has 2 aromatic carbocycles. The van der Waals surface area contributed by atoms with Gasteiger partial charge in [0.15, 0.2) is 23.1 Å². The Morgan fingerprint density at radius 3 is 1.45 bits per heavy atom. The van der Waals surface area contributed by atoms with Crippen molar-refractivity contribution in [2.45, 2.75) is 95.0 Å². The highest BCUT2D eigenvalue weighted by Crippen LogP contribution is 2.45. The first kappa shape index (κ1) is 27.3. The Labute approximate surface area is 222 Å². The molecule has 208 valence electrons. The fourth-order valence-electron chi connectivity index (χ4n) is 7.28. The van der Waals surface area contributed by atoms with E-state index in [-0.39, 0.29) is 17.9 Å². The Hall–Kier alpha value is -2.28. The fourth-order valence-corrected chi connectivity index (χ4v) is 7.28. The Morgan fingerprint density at radius 1 is 0.553 bits per heavy atom. The van der Waals surface area contributed by atoms with E-state index in [4.69, 9.17) is 4.74 Å². The lowest BCUT2D eigenvalue weighted by atomic mass is 9.69. The summed E-state index contributed by atoms with van der Waals surface area (Å²) in [4.78, 5) is 0. The van der Waals surface area contributed by atoms with Gasteiger partial charge < -0.3 is 14.9 Å². The molecule has 0 bridgehead atoms. The van der Waals surface area contributed by atoms with Crippen LogP contribution in [-0.4, -0.2) is 22.9 Å². The lowest BCUT2D eigenvalue weighted by molar-refractivity contribution is -0.0149. The molecule has 0 heterocycles. The molecule has 0 unspecified atom stereocenters. The highest BCUT2D eigenvalue weighted by Gasteiger charge is 2.33. The number of phenols is 2. The number of aromatic hydroxyl groups is 2. The molecule has 38 heavy (non-hydrogen) atoms. The smallest absolute Gasteiger partial charge is 0.200 e. The maximum Gasteiger partial charge on any atom is 0.200 e. The predicted octanol–water partition coefficient (Wildman–Crippen LogP) is 8.48. The van der Waals surface area contributed by atoms with E-state index in [1.807, 2.05) is 0 Å². The van der Waals surface area contributed by atoms with Gasteiger partial charge in [0.25, 0.3) is 0 Å². The normalized spacial score (nSPS) is 30.3. The molecule has 0 aliphatic heterocycles. The Morgan fingerprint density at radius 2 is 0.974 bits per heavy atom. The second-order valence-electron chi connectivity index (χ2n) is 11.8. The lowest BCUT2D eigenvalue weighted by Gasteiger charge is -2.38. The van der Waals surface area contributed by atoms with Crippen LogP contribution in [0.2, 0.25) is 0 Å². The van der Waals surface area contributed by atoms with E-state index in [9.17, 15) is 27.8 Å². The summed E-state index contributed by atoms with van der Waals surface area (Å²) in [7, 11) is 0. The van der Waals surface area contributed by atoms with E-state index >= 15 is 0 Å². The quantitative estimate of drug-likeness (QED) is 0.366. The van der Waals surface area contributed by atoms with Crippen LogP contribution in [0.25, 0.3) is 0 Å². The highest BCUT2D eigenvalue weighted by molar-refractivity contribution is 5.33. The third-order valence-electron chi connectivity index (χ3n) is 9.63. The summed E-state index contributed by atoms with van der Waals surface area (Å²) in [5, 5.41) is 18.8. The molecule has 0 atom stereocenters. The van der Waals surface area contributed by atoms with Crippen LogP contribution in [0.3, 0.4) is 0 Å². The summed E-state index contributed by atoms with van der Waals surface area (Å²) in [6.07, 6.45) is 11.9. The summed E-state index contributed by atoms with van der Waals surface area (Å²) in [6.45, 7) is 0.717. The van der Waals surface area contributed by atoms with Crippen LogP contribution in [0, 0.1) is 41.0 Å². The minimum absolute atomic E-state index is 0.0145. The zero-order valence-electron chi connectivity index (χ0n) is 21.8. The molecule has 7 heteroatoms. The second-order valence-corrected chi connectivity index (χ2v) is 11.8. The molecule has 0 saturated heterocycles. The number of phenolic OH excluding ortho intramolecular Hbond substituents is 2. The fraction of sp³-hybridized carbons (Fsp3) is 0.613. The largest absolute Gasteiger partial charge is 0.505 e. The molecule has 0 amide bonds. The number of hydrogen-bond donors (Lipinski definition) is 2. The predicted molar refractivity (Wildman–Crippen MR) is 137 cm³/mol. The van der Waals surface area contributed by atoms with Gasteiger partial charge in [-0.2, -0.15) is 8.78 Å². The molecule has 3 nitrogen and oxygen atoms in total. The van der Waals surface area contributed by atoms with E-state index in [1.54, 1.807) is 0 Å². The third-order valence-corrected chi connectivity index (χ3v) is 9.63.